The van der Waals surface area contributed by atoms with Gasteiger partial charge in [0.25, 0.3) is 0 Å². The van der Waals surface area contributed by atoms with Gasteiger partial charge in [0.15, 0.2) is 0 Å². The van der Waals surface area contributed by atoms with Crippen molar-refractivity contribution in [3.63, 3.8) is 0 Å². The fourth-order valence-corrected chi connectivity index (χ4v) is 0.552. The van der Waals surface area contributed by atoms with Crippen molar-refractivity contribution in [2.24, 2.45) is 5.50 Å². The van der Waals surface area contributed by atoms with Crippen molar-refractivity contribution in [1.82, 2.24) is 0 Å². The van der Waals surface area contributed by atoms with E-state index in [0.29, 0.717) is 0 Å². The molecule has 0 radical (unpaired) electrons. The Kier molecular flexibility index (Phi) is 6.50. The van der Waals surface area contributed by atoms with Crippen LogP contribution in [0.15, 0.2) is 24.5 Å². The lowest BCUT2D eigenvalue weighted by Crippen LogP contribution is -1.85. The molecule has 58 valence electrons. The van der Waals surface area contributed by atoms with Gasteiger partial charge in [0, 0.05) is 0 Å². The lowest BCUT2D eigenvalue weighted by molar-refractivity contribution is 0.440. The van der Waals surface area contributed by atoms with Gasteiger partial charge in [-0.05, 0) is 12.5 Å². The molecule has 0 aromatic carbocycles. The van der Waals surface area contributed by atoms with Crippen molar-refractivity contribution >= 4 is 8.53 Å². The van der Waals surface area contributed by atoms with E-state index in [-0.39, 0.29) is 0 Å². The summed E-state index contributed by atoms with van der Waals surface area (Å²) in [4.78, 5) is 8.45. The highest BCUT2D eigenvalue weighted by atomic mass is 31.2. The largest absolute Gasteiger partial charge is 0.444 e. The summed E-state index contributed by atoms with van der Waals surface area (Å²) in [7, 11) is -1.74. The van der Waals surface area contributed by atoms with Gasteiger partial charge < -0.3 is 9.42 Å². The van der Waals surface area contributed by atoms with E-state index in [1.165, 1.54) is 6.26 Å². The van der Waals surface area contributed by atoms with Crippen LogP contribution in [0.1, 0.15) is 13.3 Å². The van der Waals surface area contributed by atoms with E-state index >= 15 is 0 Å². The van der Waals surface area contributed by atoms with E-state index < -0.39 is 8.53 Å². The highest BCUT2D eigenvalue weighted by Gasteiger charge is 1.87. The molecule has 0 heterocycles. The number of hydrogen-bond donors (Lipinski definition) is 2. The first-order valence-electron chi connectivity index (χ1n) is 2.99. The average Bonchev–Trinajstić information content (AvgIpc) is 1.87. The van der Waals surface area contributed by atoms with Gasteiger partial charge in [-0.2, -0.15) is 0 Å². The molecule has 4 heteroatoms. The third-order valence-corrected chi connectivity index (χ3v) is 1.07. The van der Waals surface area contributed by atoms with Crippen LogP contribution < -0.4 is 5.50 Å². The molecule has 0 amide bonds. The number of allylic oxidation sites excluding steroid dienone is 3. The first-order valence-corrected chi connectivity index (χ1v) is 4.27. The van der Waals surface area contributed by atoms with Crippen molar-refractivity contribution in [2.45, 2.75) is 13.3 Å². The van der Waals surface area contributed by atoms with Gasteiger partial charge in [-0.3, -0.25) is 5.50 Å². The summed E-state index contributed by atoms with van der Waals surface area (Å²) >= 11 is 0. The Bertz CT molecular complexity index is 123. The Labute approximate surface area is 62.2 Å². The SMILES string of the molecule is CC/C=C/C=C/OP(N)O. The van der Waals surface area contributed by atoms with Crippen LogP contribution in [-0.2, 0) is 4.52 Å². The zero-order valence-electron chi connectivity index (χ0n) is 5.90. The third kappa shape index (κ3) is 7.63. The van der Waals surface area contributed by atoms with Gasteiger partial charge in [0.05, 0.1) is 6.26 Å². The highest BCUT2D eigenvalue weighted by molar-refractivity contribution is 7.43. The predicted octanol–water partition coefficient (Wildman–Crippen LogP) is 1.66. The molecule has 0 aliphatic heterocycles. The molecule has 0 aromatic heterocycles. The first-order chi connectivity index (χ1) is 4.77. The van der Waals surface area contributed by atoms with Crippen LogP contribution in [0.2, 0.25) is 0 Å². The van der Waals surface area contributed by atoms with Gasteiger partial charge in [-0.25, -0.2) is 0 Å². The maximum atomic E-state index is 8.45. The van der Waals surface area contributed by atoms with Gasteiger partial charge >= 0.3 is 8.53 Å². The molecular formula is C6H12NO2P. The van der Waals surface area contributed by atoms with Crippen LogP contribution in [0, 0.1) is 0 Å². The normalized spacial score (nSPS) is 14.7. The van der Waals surface area contributed by atoms with Crippen LogP contribution in [-0.4, -0.2) is 4.89 Å². The second kappa shape index (κ2) is 6.75. The van der Waals surface area contributed by atoms with Gasteiger partial charge in [-0.1, -0.05) is 19.1 Å². The number of hydrogen-bond acceptors (Lipinski definition) is 3. The Morgan fingerprint density at radius 1 is 1.60 bits per heavy atom. The van der Waals surface area contributed by atoms with E-state index in [4.69, 9.17) is 10.4 Å². The molecule has 0 spiro atoms. The summed E-state index contributed by atoms with van der Waals surface area (Å²) in [5.74, 6) is 0. The fraction of sp³-hybridized carbons (Fsp3) is 0.333. The molecule has 0 aromatic rings. The van der Waals surface area contributed by atoms with Crippen LogP contribution in [0.5, 0.6) is 0 Å². The summed E-state index contributed by atoms with van der Waals surface area (Å²) in [6.07, 6.45) is 7.84. The third-order valence-electron chi connectivity index (χ3n) is 0.730. The van der Waals surface area contributed by atoms with Crippen molar-refractivity contribution < 1.29 is 9.42 Å². The molecule has 3 N–H and O–H groups in total. The quantitative estimate of drug-likeness (QED) is 0.374. The molecule has 0 bridgehead atoms. The zero-order valence-corrected chi connectivity index (χ0v) is 6.79. The molecular weight excluding hydrogens is 149 g/mol. The summed E-state index contributed by atoms with van der Waals surface area (Å²) in [5.41, 5.74) is 4.93. The molecule has 0 saturated carbocycles. The van der Waals surface area contributed by atoms with Crippen LogP contribution in [0.4, 0.5) is 0 Å². The van der Waals surface area contributed by atoms with Gasteiger partial charge in [0.1, 0.15) is 0 Å². The highest BCUT2D eigenvalue weighted by Crippen LogP contribution is 2.18. The molecule has 0 saturated heterocycles. The molecule has 1 unspecified atom stereocenters. The van der Waals surface area contributed by atoms with E-state index in [0.717, 1.165) is 6.42 Å². The summed E-state index contributed by atoms with van der Waals surface area (Å²) in [6, 6.07) is 0. The number of rotatable bonds is 4. The summed E-state index contributed by atoms with van der Waals surface area (Å²) < 4.78 is 4.55. The minimum atomic E-state index is -1.74. The minimum Gasteiger partial charge on any atom is -0.444 e. The molecule has 0 rings (SSSR count). The van der Waals surface area contributed by atoms with E-state index in [1.807, 2.05) is 19.1 Å². The Hall–Kier alpha value is -0.370. The molecule has 0 aliphatic carbocycles. The standard InChI is InChI=1S/C6H12NO2P/c1-2-3-4-5-6-9-10(7)8/h3-6,8H,2,7H2,1H3/b4-3+,6-5+. The second-order valence-corrected chi connectivity index (χ2v) is 2.39. The van der Waals surface area contributed by atoms with E-state index in [1.54, 1.807) is 6.08 Å². The van der Waals surface area contributed by atoms with E-state index in [9.17, 15) is 0 Å². The van der Waals surface area contributed by atoms with Crippen LogP contribution in [0.3, 0.4) is 0 Å². The minimum absolute atomic E-state index is 0.987. The summed E-state index contributed by atoms with van der Waals surface area (Å²) in [6.45, 7) is 2.03. The molecule has 10 heavy (non-hydrogen) atoms. The second-order valence-electron chi connectivity index (χ2n) is 1.57. The molecule has 0 aliphatic rings. The van der Waals surface area contributed by atoms with Crippen molar-refractivity contribution in [3.8, 4) is 0 Å². The van der Waals surface area contributed by atoms with Crippen molar-refractivity contribution in [2.75, 3.05) is 0 Å². The Balaban J connectivity index is 3.28. The molecule has 3 nitrogen and oxygen atoms in total. The summed E-state index contributed by atoms with van der Waals surface area (Å²) in [5, 5.41) is 0. The van der Waals surface area contributed by atoms with E-state index in [2.05, 4.69) is 4.52 Å². The van der Waals surface area contributed by atoms with Gasteiger partial charge in [0.2, 0.25) is 0 Å². The van der Waals surface area contributed by atoms with Crippen molar-refractivity contribution in [3.05, 3.63) is 24.5 Å². The smallest absolute Gasteiger partial charge is 0.311 e. The number of nitrogens with two attached hydrogens (primary N) is 1. The lowest BCUT2D eigenvalue weighted by atomic mass is 10.4. The van der Waals surface area contributed by atoms with Crippen molar-refractivity contribution in [1.29, 1.82) is 0 Å². The predicted molar refractivity (Wildman–Crippen MR) is 43.0 cm³/mol. The first kappa shape index (κ1) is 9.63. The maximum Gasteiger partial charge on any atom is 0.311 e. The Morgan fingerprint density at radius 3 is 2.80 bits per heavy atom. The maximum absolute atomic E-state index is 8.45. The molecule has 0 fully saturated rings. The topological polar surface area (TPSA) is 55.5 Å². The average molecular weight is 161 g/mol. The zero-order chi connectivity index (χ0) is 7.82. The fourth-order valence-electron chi connectivity index (χ4n) is 0.358. The monoisotopic (exact) mass is 161 g/mol. The Morgan fingerprint density at radius 2 is 2.30 bits per heavy atom. The molecule has 1 atom stereocenters. The van der Waals surface area contributed by atoms with Crippen LogP contribution >= 0.6 is 8.53 Å². The van der Waals surface area contributed by atoms with Crippen LogP contribution in [0.25, 0.3) is 0 Å². The van der Waals surface area contributed by atoms with Gasteiger partial charge in [-0.15, -0.1) is 0 Å². The lowest BCUT2D eigenvalue weighted by Gasteiger charge is -1.97.